The third kappa shape index (κ3) is 3.74. The van der Waals surface area contributed by atoms with Crippen molar-refractivity contribution in [3.63, 3.8) is 0 Å². The Morgan fingerprint density at radius 3 is 2.89 bits per heavy atom. The molecule has 1 unspecified atom stereocenters. The van der Waals surface area contributed by atoms with Crippen LogP contribution in [0, 0.1) is 31.0 Å². The maximum absolute atomic E-state index is 16.2. The zero-order valence-electron chi connectivity index (χ0n) is 19.8. The van der Waals surface area contributed by atoms with Gasteiger partial charge in [0.25, 0.3) is 0 Å². The number of fused-ring (bicyclic) bond motifs is 2. The molecule has 1 aliphatic heterocycles. The van der Waals surface area contributed by atoms with Crippen molar-refractivity contribution in [1.82, 2.24) is 25.1 Å². The third-order valence-corrected chi connectivity index (χ3v) is 7.03. The summed E-state index contributed by atoms with van der Waals surface area (Å²) in [5.74, 6) is -0.248. The minimum Gasteiger partial charge on any atom is -0.352 e. The van der Waals surface area contributed by atoms with Gasteiger partial charge in [-0.2, -0.15) is 10.4 Å². The molecule has 10 heteroatoms. The molecule has 0 saturated carbocycles. The van der Waals surface area contributed by atoms with Gasteiger partial charge in [0.1, 0.15) is 17.7 Å². The normalized spacial score (nSPS) is 15.9. The highest BCUT2D eigenvalue weighted by Crippen LogP contribution is 2.42. The molecule has 36 heavy (non-hydrogen) atoms. The third-order valence-electron chi connectivity index (χ3n) is 6.74. The molecule has 2 aromatic carbocycles. The van der Waals surface area contributed by atoms with Crippen LogP contribution in [0.3, 0.4) is 0 Å². The molecule has 2 aromatic heterocycles. The van der Waals surface area contributed by atoms with Crippen molar-refractivity contribution >= 4 is 45.1 Å². The maximum Gasteiger partial charge on any atom is 0.246 e. The minimum atomic E-state index is -0.536. The topological polar surface area (TPSA) is 102 Å². The van der Waals surface area contributed by atoms with Crippen molar-refractivity contribution in [3.05, 3.63) is 59.3 Å². The fourth-order valence-corrected chi connectivity index (χ4v) is 5.32. The number of benzene rings is 2. The molecule has 1 saturated heterocycles. The number of rotatable bonds is 4. The molecule has 1 fully saturated rings. The molecule has 182 valence electrons. The molecule has 5 rings (SSSR count). The van der Waals surface area contributed by atoms with E-state index in [4.69, 9.17) is 11.6 Å². The van der Waals surface area contributed by atoms with Crippen LogP contribution in [0.4, 0.5) is 10.2 Å². The highest BCUT2D eigenvalue weighted by atomic mass is 35.5. The first-order valence-electron chi connectivity index (χ1n) is 11.5. The van der Waals surface area contributed by atoms with E-state index in [1.165, 1.54) is 12.4 Å². The van der Waals surface area contributed by atoms with Gasteiger partial charge in [0.05, 0.1) is 34.8 Å². The number of hydrogen-bond acceptors (Lipinski definition) is 6. The zero-order valence-corrected chi connectivity index (χ0v) is 20.6. The van der Waals surface area contributed by atoms with Crippen LogP contribution in [0.2, 0.25) is 5.02 Å². The predicted molar refractivity (Wildman–Crippen MR) is 137 cm³/mol. The van der Waals surface area contributed by atoms with Gasteiger partial charge in [0.15, 0.2) is 5.82 Å². The Morgan fingerprint density at radius 2 is 2.14 bits per heavy atom. The number of aromatic amines is 1. The number of piperazine rings is 1. The predicted octanol–water partition coefficient (Wildman–Crippen LogP) is 4.70. The second kappa shape index (κ2) is 9.21. The van der Waals surface area contributed by atoms with Crippen LogP contribution in [0.25, 0.3) is 32.9 Å². The van der Waals surface area contributed by atoms with Gasteiger partial charge >= 0.3 is 0 Å². The van der Waals surface area contributed by atoms with Crippen molar-refractivity contribution in [3.8, 4) is 17.2 Å². The van der Waals surface area contributed by atoms with Gasteiger partial charge < -0.3 is 9.80 Å². The fraction of sp³-hybridized carbons (Fsp3) is 0.269. The summed E-state index contributed by atoms with van der Waals surface area (Å²) in [5.41, 5.74) is 3.50. The Balaban J connectivity index is 1.64. The first-order chi connectivity index (χ1) is 17.3. The smallest absolute Gasteiger partial charge is 0.246 e. The number of anilines is 1. The van der Waals surface area contributed by atoms with Crippen molar-refractivity contribution in [2.75, 3.05) is 24.5 Å². The number of nitrogens with one attached hydrogen (secondary N) is 1. The second-order valence-electron chi connectivity index (χ2n) is 8.83. The largest absolute Gasteiger partial charge is 0.352 e. The number of carbonyl (C=O) groups excluding carboxylic acids is 1. The van der Waals surface area contributed by atoms with E-state index >= 15 is 4.39 Å². The molecule has 1 atom stereocenters. The number of aryl methyl sites for hydroxylation is 2. The lowest BCUT2D eigenvalue weighted by atomic mass is 9.94. The molecular weight excluding hydrogens is 481 g/mol. The van der Waals surface area contributed by atoms with E-state index in [0.717, 1.165) is 22.2 Å². The van der Waals surface area contributed by atoms with Crippen LogP contribution >= 0.6 is 11.6 Å². The number of aromatic nitrogens is 4. The first kappa shape index (κ1) is 23.7. The average Bonchev–Trinajstić information content (AvgIpc) is 3.25. The number of nitrogens with zero attached hydrogens (tertiary/aromatic N) is 6. The van der Waals surface area contributed by atoms with Crippen molar-refractivity contribution in [2.45, 2.75) is 26.3 Å². The lowest BCUT2D eigenvalue weighted by molar-refractivity contribution is -0.128. The minimum absolute atomic E-state index is 0.151. The van der Waals surface area contributed by atoms with Gasteiger partial charge in [-0.15, -0.1) is 0 Å². The molecule has 1 amide bonds. The van der Waals surface area contributed by atoms with Gasteiger partial charge in [-0.05, 0) is 37.6 Å². The zero-order chi connectivity index (χ0) is 25.6. The maximum atomic E-state index is 16.2. The monoisotopic (exact) mass is 503 g/mol. The summed E-state index contributed by atoms with van der Waals surface area (Å²) in [6.45, 7) is 8.54. The molecule has 4 aromatic rings. The van der Waals surface area contributed by atoms with E-state index < -0.39 is 5.82 Å². The molecule has 0 spiro atoms. The number of halogens is 2. The van der Waals surface area contributed by atoms with Crippen LogP contribution in [-0.4, -0.2) is 56.6 Å². The summed E-state index contributed by atoms with van der Waals surface area (Å²) in [6, 6.07) is 7.31. The van der Waals surface area contributed by atoms with E-state index in [9.17, 15) is 10.1 Å². The summed E-state index contributed by atoms with van der Waals surface area (Å²) >= 11 is 6.76. The summed E-state index contributed by atoms with van der Waals surface area (Å²) < 4.78 is 16.2. The lowest BCUT2D eigenvalue weighted by Crippen LogP contribution is -2.55. The Labute approximate surface area is 212 Å². The van der Waals surface area contributed by atoms with E-state index in [2.05, 4.69) is 32.8 Å². The van der Waals surface area contributed by atoms with Crippen molar-refractivity contribution in [1.29, 1.82) is 5.26 Å². The number of H-pyrrole nitrogens is 1. The van der Waals surface area contributed by atoms with E-state index in [1.54, 1.807) is 11.0 Å². The standard InChI is InChI=1S/C26H23ClFN7O/c1-4-20(36)35-10-9-34(12-16(35)7-8-29)26-17-11-18(27)23(24(28)25(17)30-13-31-26)21-14(2)5-6-19-22(21)15(3)32-33-19/h4-6,11,13,16H,1,7,9-10,12H2,2-3H3,(H,32,33). The van der Waals surface area contributed by atoms with Crippen LogP contribution in [0.5, 0.6) is 0 Å². The Morgan fingerprint density at radius 1 is 1.33 bits per heavy atom. The molecule has 3 heterocycles. The summed E-state index contributed by atoms with van der Waals surface area (Å²) in [5, 5.41) is 18.1. The van der Waals surface area contributed by atoms with E-state index in [-0.39, 0.29) is 34.5 Å². The molecule has 0 bridgehead atoms. The summed E-state index contributed by atoms with van der Waals surface area (Å²) in [7, 11) is 0. The van der Waals surface area contributed by atoms with Crippen molar-refractivity contribution in [2.24, 2.45) is 0 Å². The second-order valence-corrected chi connectivity index (χ2v) is 9.23. The highest BCUT2D eigenvalue weighted by molar-refractivity contribution is 6.35. The SMILES string of the molecule is C=CC(=O)N1CCN(c2ncnc3c(F)c(-c4c(C)ccc5[nH]nc(C)c45)c(Cl)cc23)CC1CC#N. The number of carbonyl (C=O) groups is 1. The van der Waals surface area contributed by atoms with Gasteiger partial charge in [-0.3, -0.25) is 9.89 Å². The average molecular weight is 504 g/mol. The Bertz CT molecular complexity index is 1570. The van der Waals surface area contributed by atoms with Crippen LogP contribution < -0.4 is 4.90 Å². The Hall–Kier alpha value is -4.03. The molecule has 1 N–H and O–H groups in total. The molecule has 0 radical (unpaired) electrons. The van der Waals surface area contributed by atoms with Gasteiger partial charge in [0, 0.05) is 41.5 Å². The van der Waals surface area contributed by atoms with Gasteiger partial charge in [-0.1, -0.05) is 24.2 Å². The molecule has 8 nitrogen and oxygen atoms in total. The fourth-order valence-electron chi connectivity index (χ4n) is 5.03. The molecule has 0 aliphatic carbocycles. The highest BCUT2D eigenvalue weighted by Gasteiger charge is 2.31. The van der Waals surface area contributed by atoms with Gasteiger partial charge in [-0.25, -0.2) is 14.4 Å². The summed E-state index contributed by atoms with van der Waals surface area (Å²) in [4.78, 5) is 24.6. The number of amides is 1. The quantitative estimate of drug-likeness (QED) is 0.405. The van der Waals surface area contributed by atoms with Crippen molar-refractivity contribution < 1.29 is 9.18 Å². The number of nitriles is 1. The Kier molecular flexibility index (Phi) is 6.06. The lowest BCUT2D eigenvalue weighted by Gasteiger charge is -2.41. The molecule has 1 aliphatic rings. The van der Waals surface area contributed by atoms with E-state index in [0.29, 0.717) is 36.4 Å². The van der Waals surface area contributed by atoms with Gasteiger partial charge in [0.2, 0.25) is 5.91 Å². The van der Waals surface area contributed by atoms with Crippen LogP contribution in [-0.2, 0) is 4.79 Å². The van der Waals surface area contributed by atoms with Crippen LogP contribution in [0.1, 0.15) is 17.7 Å². The summed E-state index contributed by atoms with van der Waals surface area (Å²) in [6.07, 6.45) is 2.74. The first-order valence-corrected chi connectivity index (χ1v) is 11.9. The molecular formula is C26H23ClFN7O. The number of hydrogen-bond donors (Lipinski definition) is 1. The van der Waals surface area contributed by atoms with Crippen LogP contribution in [0.15, 0.2) is 37.2 Å². The van der Waals surface area contributed by atoms with E-state index in [1.807, 2.05) is 30.9 Å².